The van der Waals surface area contributed by atoms with Crippen molar-refractivity contribution in [3.05, 3.63) is 95.6 Å². The average Bonchev–Trinajstić information content (AvgIpc) is 2.63. The maximum atomic E-state index is 13.6. The maximum absolute atomic E-state index is 13.6. The predicted octanol–water partition coefficient (Wildman–Crippen LogP) is 4.99. The molecular weight excluding hydrogens is 322 g/mol. The Morgan fingerprint density at radius 2 is 1.52 bits per heavy atom. The summed E-state index contributed by atoms with van der Waals surface area (Å²) in [5, 5.41) is 4.18. The van der Waals surface area contributed by atoms with Gasteiger partial charge in [-0.2, -0.15) is 5.10 Å². The Morgan fingerprint density at radius 1 is 0.840 bits per heavy atom. The van der Waals surface area contributed by atoms with Crippen LogP contribution in [0.15, 0.2) is 77.9 Å². The van der Waals surface area contributed by atoms with E-state index in [1.54, 1.807) is 6.21 Å². The molecular formula is C20H16F2N2O. The Balaban J connectivity index is 1.70. The van der Waals surface area contributed by atoms with E-state index in [1.165, 1.54) is 6.07 Å². The van der Waals surface area contributed by atoms with Crippen LogP contribution in [0, 0.1) is 11.6 Å². The molecule has 3 aromatic rings. The summed E-state index contributed by atoms with van der Waals surface area (Å²) < 4.78 is 32.6. The minimum absolute atomic E-state index is 0.0331. The molecule has 0 aliphatic carbocycles. The third-order valence-corrected chi connectivity index (χ3v) is 3.52. The highest BCUT2D eigenvalue weighted by Gasteiger charge is 2.10. The molecule has 0 atom stereocenters. The van der Waals surface area contributed by atoms with Crippen LogP contribution in [0.4, 0.5) is 14.5 Å². The monoisotopic (exact) mass is 338 g/mol. The zero-order chi connectivity index (χ0) is 17.5. The smallest absolute Gasteiger partial charge is 0.191 e. The number of para-hydroxylation sites is 2. The molecule has 0 radical (unpaired) electrons. The number of nitrogens with zero attached hydrogens (tertiary/aromatic N) is 1. The largest absolute Gasteiger partial charge is 0.483 e. The van der Waals surface area contributed by atoms with Crippen LogP contribution in [0.25, 0.3) is 0 Å². The fourth-order valence-corrected chi connectivity index (χ4v) is 2.25. The van der Waals surface area contributed by atoms with Gasteiger partial charge in [-0.25, -0.2) is 8.78 Å². The average molecular weight is 338 g/mol. The minimum Gasteiger partial charge on any atom is -0.483 e. The van der Waals surface area contributed by atoms with Gasteiger partial charge < -0.3 is 4.74 Å². The molecule has 0 saturated carbocycles. The number of halogens is 2. The highest BCUT2D eigenvalue weighted by Crippen LogP contribution is 2.22. The van der Waals surface area contributed by atoms with Gasteiger partial charge in [0.15, 0.2) is 17.4 Å². The maximum Gasteiger partial charge on any atom is 0.191 e. The number of hydrogen-bond acceptors (Lipinski definition) is 3. The van der Waals surface area contributed by atoms with E-state index >= 15 is 0 Å². The first kappa shape index (κ1) is 16.6. The Kier molecular flexibility index (Phi) is 5.36. The summed E-state index contributed by atoms with van der Waals surface area (Å²) in [5.41, 5.74) is 5.34. The quantitative estimate of drug-likeness (QED) is 0.507. The summed E-state index contributed by atoms with van der Waals surface area (Å²) in [6.45, 7) is 0.0331. The zero-order valence-corrected chi connectivity index (χ0v) is 13.3. The second-order valence-electron chi connectivity index (χ2n) is 5.27. The third-order valence-electron chi connectivity index (χ3n) is 3.52. The van der Waals surface area contributed by atoms with Crippen molar-refractivity contribution in [2.75, 3.05) is 5.43 Å². The molecule has 1 N–H and O–H groups in total. The van der Waals surface area contributed by atoms with Crippen molar-refractivity contribution in [1.82, 2.24) is 0 Å². The van der Waals surface area contributed by atoms with Gasteiger partial charge in [0, 0.05) is 5.56 Å². The molecule has 3 aromatic carbocycles. The van der Waals surface area contributed by atoms with Gasteiger partial charge in [0.25, 0.3) is 0 Å². The summed E-state index contributed by atoms with van der Waals surface area (Å²) in [5.74, 6) is -1.83. The Hall–Kier alpha value is -3.21. The summed E-state index contributed by atoms with van der Waals surface area (Å²) in [6.07, 6.45) is 1.64. The molecule has 0 aromatic heterocycles. The van der Waals surface area contributed by atoms with E-state index < -0.39 is 11.6 Å². The van der Waals surface area contributed by atoms with Gasteiger partial charge in [-0.05, 0) is 29.8 Å². The third kappa shape index (κ3) is 4.41. The molecule has 3 rings (SSSR count). The van der Waals surface area contributed by atoms with Crippen LogP contribution >= 0.6 is 0 Å². The van der Waals surface area contributed by atoms with Crippen molar-refractivity contribution >= 4 is 11.9 Å². The van der Waals surface area contributed by atoms with Crippen LogP contribution in [0.5, 0.6) is 5.75 Å². The molecule has 0 saturated heterocycles. The van der Waals surface area contributed by atoms with Crippen LogP contribution in [-0.2, 0) is 6.61 Å². The number of ether oxygens (including phenoxy) is 1. The summed E-state index contributed by atoms with van der Waals surface area (Å²) in [6, 6.07) is 20.5. The molecule has 0 bridgehead atoms. The van der Waals surface area contributed by atoms with E-state index in [0.717, 1.165) is 28.9 Å². The number of anilines is 1. The fourth-order valence-electron chi connectivity index (χ4n) is 2.25. The highest BCUT2D eigenvalue weighted by atomic mass is 19.1. The molecule has 25 heavy (non-hydrogen) atoms. The molecule has 0 amide bonds. The second-order valence-corrected chi connectivity index (χ2v) is 5.27. The number of nitrogens with one attached hydrogen (secondary N) is 1. The van der Waals surface area contributed by atoms with Crippen molar-refractivity contribution in [2.24, 2.45) is 5.10 Å². The van der Waals surface area contributed by atoms with Crippen molar-refractivity contribution in [3.8, 4) is 5.75 Å². The second kappa shape index (κ2) is 8.06. The van der Waals surface area contributed by atoms with Gasteiger partial charge in [0.1, 0.15) is 6.61 Å². The molecule has 0 aliphatic rings. The van der Waals surface area contributed by atoms with Gasteiger partial charge in [0.05, 0.1) is 11.9 Å². The Bertz CT molecular complexity index is 846. The predicted molar refractivity (Wildman–Crippen MR) is 94.8 cm³/mol. The van der Waals surface area contributed by atoms with E-state index in [2.05, 4.69) is 10.5 Å². The van der Waals surface area contributed by atoms with Crippen molar-refractivity contribution in [1.29, 1.82) is 0 Å². The van der Waals surface area contributed by atoms with E-state index in [-0.39, 0.29) is 12.4 Å². The molecule has 0 unspecified atom stereocenters. The van der Waals surface area contributed by atoms with Crippen LogP contribution in [0.1, 0.15) is 11.1 Å². The molecule has 3 nitrogen and oxygen atoms in total. The minimum atomic E-state index is -0.725. The van der Waals surface area contributed by atoms with Crippen molar-refractivity contribution in [3.63, 3.8) is 0 Å². The number of hydrazone groups is 1. The van der Waals surface area contributed by atoms with Gasteiger partial charge >= 0.3 is 0 Å². The first-order valence-corrected chi connectivity index (χ1v) is 7.73. The molecule has 126 valence electrons. The molecule has 5 heteroatoms. The highest BCUT2D eigenvalue weighted by molar-refractivity contribution is 5.82. The summed E-state index contributed by atoms with van der Waals surface area (Å²) >= 11 is 0. The molecule has 0 heterocycles. The van der Waals surface area contributed by atoms with Crippen molar-refractivity contribution in [2.45, 2.75) is 6.61 Å². The lowest BCUT2D eigenvalue weighted by Crippen LogP contribution is -2.03. The van der Waals surface area contributed by atoms with E-state index in [1.807, 2.05) is 54.6 Å². The fraction of sp³-hybridized carbons (Fsp3) is 0.0500. The van der Waals surface area contributed by atoms with Gasteiger partial charge in [0.2, 0.25) is 0 Å². The molecule has 0 fully saturated rings. The Morgan fingerprint density at radius 3 is 2.28 bits per heavy atom. The van der Waals surface area contributed by atoms with Crippen molar-refractivity contribution < 1.29 is 13.5 Å². The number of hydrogen-bond donors (Lipinski definition) is 1. The van der Waals surface area contributed by atoms with Crippen LogP contribution in [0.3, 0.4) is 0 Å². The van der Waals surface area contributed by atoms with Gasteiger partial charge in [-0.1, -0.05) is 48.5 Å². The summed E-state index contributed by atoms with van der Waals surface area (Å²) in [4.78, 5) is 0. The SMILES string of the molecule is Fc1cccc(F)c1OCc1ccccc1C=NNc1ccccc1. The van der Waals surface area contributed by atoms with Crippen LogP contribution in [-0.4, -0.2) is 6.21 Å². The number of benzene rings is 3. The first-order chi connectivity index (χ1) is 12.2. The topological polar surface area (TPSA) is 33.6 Å². The standard InChI is InChI=1S/C20H16F2N2O/c21-18-11-6-12-19(22)20(18)25-14-16-8-5-4-7-15(16)13-23-24-17-9-2-1-3-10-17/h1-13,24H,14H2. The van der Waals surface area contributed by atoms with E-state index in [0.29, 0.717) is 0 Å². The van der Waals surface area contributed by atoms with Gasteiger partial charge in [-0.3, -0.25) is 5.43 Å². The molecule has 0 aliphatic heterocycles. The van der Waals surface area contributed by atoms with Crippen LogP contribution in [0.2, 0.25) is 0 Å². The lowest BCUT2D eigenvalue weighted by molar-refractivity contribution is 0.274. The first-order valence-electron chi connectivity index (χ1n) is 7.73. The normalized spacial score (nSPS) is 10.8. The lowest BCUT2D eigenvalue weighted by Gasteiger charge is -2.10. The number of rotatable bonds is 6. The Labute approximate surface area is 144 Å². The van der Waals surface area contributed by atoms with Gasteiger partial charge in [-0.15, -0.1) is 0 Å². The van der Waals surface area contributed by atoms with Crippen LogP contribution < -0.4 is 10.2 Å². The summed E-state index contributed by atoms with van der Waals surface area (Å²) in [7, 11) is 0. The molecule has 0 spiro atoms. The zero-order valence-electron chi connectivity index (χ0n) is 13.3. The lowest BCUT2D eigenvalue weighted by atomic mass is 10.1. The van der Waals surface area contributed by atoms with E-state index in [4.69, 9.17) is 4.74 Å². The van der Waals surface area contributed by atoms with E-state index in [9.17, 15) is 8.78 Å².